The average Bonchev–Trinajstić information content (AvgIpc) is 3.27. The number of ether oxygens (including phenoxy) is 2. The summed E-state index contributed by atoms with van der Waals surface area (Å²) in [6.45, 7) is 2.12. The van der Waals surface area contributed by atoms with Crippen LogP contribution in [0.2, 0.25) is 0 Å². The van der Waals surface area contributed by atoms with Crippen LogP contribution in [0.3, 0.4) is 0 Å². The molecule has 4 unspecified atom stereocenters. The molecule has 2 fully saturated rings. The molecule has 2 saturated heterocycles. The first-order valence-electron chi connectivity index (χ1n) is 10.3. The number of nitrogens with one attached hydrogen (secondary N) is 1. The lowest BCUT2D eigenvalue weighted by Gasteiger charge is -2.27. The van der Waals surface area contributed by atoms with Crippen LogP contribution in [0.5, 0.6) is 11.5 Å². The molecule has 0 radical (unpaired) electrons. The van der Waals surface area contributed by atoms with Crippen molar-refractivity contribution < 1.29 is 33.9 Å². The van der Waals surface area contributed by atoms with Gasteiger partial charge >= 0.3 is 5.97 Å². The van der Waals surface area contributed by atoms with Gasteiger partial charge in [-0.1, -0.05) is 12.1 Å². The number of carboxylic acids is 1. The van der Waals surface area contributed by atoms with Crippen LogP contribution >= 0.6 is 0 Å². The number of nitro groups is 1. The fourth-order valence-electron chi connectivity index (χ4n) is 4.88. The van der Waals surface area contributed by atoms with Crippen molar-refractivity contribution in [3.8, 4) is 11.5 Å². The summed E-state index contributed by atoms with van der Waals surface area (Å²) in [7, 11) is 0. The molecule has 5 rings (SSSR count). The molecule has 2 aromatic carbocycles. The number of hydrogen-bond acceptors (Lipinski definition) is 8. The van der Waals surface area contributed by atoms with Gasteiger partial charge in [-0.3, -0.25) is 29.8 Å². The fraction of sp³-hybridized carbons (Fsp3) is 0.318. The zero-order valence-electron chi connectivity index (χ0n) is 17.4. The molecule has 11 nitrogen and oxygen atoms in total. The van der Waals surface area contributed by atoms with Crippen molar-refractivity contribution in [2.45, 2.75) is 18.5 Å². The zero-order valence-corrected chi connectivity index (χ0v) is 17.4. The predicted octanol–water partition coefficient (Wildman–Crippen LogP) is 1.66. The summed E-state index contributed by atoms with van der Waals surface area (Å²) in [5.74, 6) is -3.85. The first kappa shape index (κ1) is 20.9. The van der Waals surface area contributed by atoms with Crippen LogP contribution in [0.1, 0.15) is 18.5 Å². The minimum atomic E-state index is -1.73. The molecule has 0 aromatic heterocycles. The number of carbonyl (C=O) groups is 3. The van der Waals surface area contributed by atoms with Crippen LogP contribution in [0.25, 0.3) is 0 Å². The zero-order chi connectivity index (χ0) is 23.5. The van der Waals surface area contributed by atoms with Crippen LogP contribution in [0.15, 0.2) is 42.5 Å². The molecule has 33 heavy (non-hydrogen) atoms. The second-order valence-electron chi connectivity index (χ2n) is 8.32. The number of carboxylic acid groups (broad SMARTS) is 1. The summed E-state index contributed by atoms with van der Waals surface area (Å²) in [5, 5.41) is 24.1. The third-order valence-corrected chi connectivity index (χ3v) is 6.46. The Kier molecular flexibility index (Phi) is 4.60. The molecule has 3 aliphatic rings. The molecular weight excluding hydrogens is 434 g/mol. The molecule has 4 atom stereocenters. The lowest BCUT2D eigenvalue weighted by Crippen LogP contribution is -2.53. The largest absolute Gasteiger partial charge is 0.486 e. The maximum absolute atomic E-state index is 13.5. The number of imide groups is 1. The van der Waals surface area contributed by atoms with Gasteiger partial charge in [-0.15, -0.1) is 0 Å². The highest BCUT2D eigenvalue weighted by Crippen LogP contribution is 2.50. The van der Waals surface area contributed by atoms with E-state index in [1.807, 2.05) is 0 Å². The van der Waals surface area contributed by atoms with Crippen molar-refractivity contribution in [3.05, 3.63) is 58.1 Å². The molecule has 0 spiro atoms. The van der Waals surface area contributed by atoms with E-state index in [1.54, 1.807) is 18.2 Å². The molecule has 0 bridgehead atoms. The third kappa shape index (κ3) is 3.04. The standard InChI is InChI=1S/C22H19N3O8/c1-22(21(28)29)17-16(18(23-22)11-5-6-14-15(9-11)33-8-7-32-14)19(26)24(20(17)27)12-3-2-4-13(10-12)25(30)31/h2-6,9-10,16-18,23H,7-8H2,1H3,(H,28,29). The summed E-state index contributed by atoms with van der Waals surface area (Å²) in [6.07, 6.45) is 0. The molecule has 2 aromatic rings. The van der Waals surface area contributed by atoms with Gasteiger partial charge in [-0.05, 0) is 30.7 Å². The Morgan fingerprint density at radius 2 is 1.88 bits per heavy atom. The number of benzene rings is 2. The summed E-state index contributed by atoms with van der Waals surface area (Å²) < 4.78 is 11.1. The van der Waals surface area contributed by atoms with E-state index >= 15 is 0 Å². The number of rotatable bonds is 4. The minimum Gasteiger partial charge on any atom is -0.486 e. The second kappa shape index (κ2) is 7.27. The Morgan fingerprint density at radius 1 is 1.15 bits per heavy atom. The maximum Gasteiger partial charge on any atom is 0.324 e. The average molecular weight is 453 g/mol. The number of carbonyl (C=O) groups excluding carboxylic acids is 2. The van der Waals surface area contributed by atoms with E-state index in [0.717, 1.165) is 11.0 Å². The minimum absolute atomic E-state index is 0.0299. The van der Waals surface area contributed by atoms with Gasteiger partial charge < -0.3 is 14.6 Å². The van der Waals surface area contributed by atoms with Crippen LogP contribution < -0.4 is 19.7 Å². The molecule has 170 valence electrons. The van der Waals surface area contributed by atoms with Crippen molar-refractivity contribution >= 4 is 29.2 Å². The van der Waals surface area contributed by atoms with E-state index in [9.17, 15) is 29.6 Å². The maximum atomic E-state index is 13.5. The number of anilines is 1. The van der Waals surface area contributed by atoms with Gasteiger partial charge in [-0.2, -0.15) is 0 Å². The Bertz CT molecular complexity index is 1210. The molecule has 2 amide bonds. The topological polar surface area (TPSA) is 148 Å². The lowest BCUT2D eigenvalue weighted by atomic mass is 9.80. The molecule has 11 heteroatoms. The number of non-ortho nitro benzene ring substituents is 1. The van der Waals surface area contributed by atoms with Crippen molar-refractivity contribution in [3.63, 3.8) is 0 Å². The fourth-order valence-corrected chi connectivity index (χ4v) is 4.88. The van der Waals surface area contributed by atoms with E-state index in [0.29, 0.717) is 30.3 Å². The van der Waals surface area contributed by atoms with Gasteiger partial charge in [0, 0.05) is 18.2 Å². The highest BCUT2D eigenvalue weighted by atomic mass is 16.6. The van der Waals surface area contributed by atoms with Gasteiger partial charge in [0.25, 0.3) is 5.69 Å². The van der Waals surface area contributed by atoms with Crippen LogP contribution in [0.4, 0.5) is 11.4 Å². The van der Waals surface area contributed by atoms with E-state index in [-0.39, 0.29) is 11.4 Å². The molecule has 2 N–H and O–H groups in total. The number of nitrogens with zero attached hydrogens (tertiary/aromatic N) is 2. The van der Waals surface area contributed by atoms with Crippen molar-refractivity contribution in [2.24, 2.45) is 11.8 Å². The van der Waals surface area contributed by atoms with E-state index in [4.69, 9.17) is 9.47 Å². The molecule has 0 aliphatic carbocycles. The lowest BCUT2D eigenvalue weighted by molar-refractivity contribution is -0.384. The van der Waals surface area contributed by atoms with Crippen LogP contribution in [-0.4, -0.2) is 46.6 Å². The Morgan fingerprint density at radius 3 is 2.58 bits per heavy atom. The summed E-state index contributed by atoms with van der Waals surface area (Å²) in [5.41, 5.74) is -1.42. The monoisotopic (exact) mass is 453 g/mol. The number of hydrogen-bond donors (Lipinski definition) is 2. The number of aliphatic carboxylic acids is 1. The van der Waals surface area contributed by atoms with Crippen molar-refractivity contribution in [1.29, 1.82) is 0 Å². The van der Waals surface area contributed by atoms with Crippen molar-refractivity contribution in [2.75, 3.05) is 18.1 Å². The van der Waals surface area contributed by atoms with Gasteiger partial charge in [0.15, 0.2) is 11.5 Å². The highest BCUT2D eigenvalue weighted by molar-refractivity contribution is 6.24. The Balaban J connectivity index is 1.59. The first-order valence-corrected chi connectivity index (χ1v) is 10.3. The van der Waals surface area contributed by atoms with Gasteiger partial charge in [0.2, 0.25) is 11.8 Å². The Labute approximate surface area is 187 Å². The number of nitro benzene ring substituents is 1. The SMILES string of the molecule is CC1(C(=O)O)NC(c2ccc3c(c2)OCCO3)C2C(=O)N(c3cccc([N+](=O)[O-])c3)C(=O)C21. The molecule has 3 aliphatic heterocycles. The van der Waals surface area contributed by atoms with E-state index < -0.39 is 46.1 Å². The molecular formula is C22H19N3O8. The summed E-state index contributed by atoms with van der Waals surface area (Å²) in [4.78, 5) is 50.5. The van der Waals surface area contributed by atoms with Gasteiger partial charge in [0.1, 0.15) is 18.8 Å². The number of amides is 2. The highest BCUT2D eigenvalue weighted by Gasteiger charge is 2.67. The quantitative estimate of drug-likeness (QED) is 0.400. The normalized spacial score (nSPS) is 28.0. The summed E-state index contributed by atoms with van der Waals surface area (Å²) >= 11 is 0. The first-order chi connectivity index (χ1) is 15.7. The van der Waals surface area contributed by atoms with Crippen LogP contribution in [0, 0.1) is 22.0 Å². The van der Waals surface area contributed by atoms with Crippen LogP contribution in [-0.2, 0) is 14.4 Å². The molecule has 0 saturated carbocycles. The third-order valence-electron chi connectivity index (χ3n) is 6.46. The van der Waals surface area contributed by atoms with Crippen molar-refractivity contribution in [1.82, 2.24) is 5.32 Å². The smallest absolute Gasteiger partial charge is 0.324 e. The van der Waals surface area contributed by atoms with E-state index in [2.05, 4.69) is 5.32 Å². The molecule has 3 heterocycles. The second-order valence-corrected chi connectivity index (χ2v) is 8.32. The van der Waals surface area contributed by atoms with Gasteiger partial charge in [0.05, 0.1) is 22.4 Å². The van der Waals surface area contributed by atoms with E-state index in [1.165, 1.54) is 25.1 Å². The van der Waals surface area contributed by atoms with Gasteiger partial charge in [-0.25, -0.2) is 4.90 Å². The number of fused-ring (bicyclic) bond motifs is 2. The predicted molar refractivity (Wildman–Crippen MR) is 112 cm³/mol. The Hall–Kier alpha value is -3.99. The summed E-state index contributed by atoms with van der Waals surface area (Å²) in [6, 6.07) is 9.40.